The Balaban J connectivity index is 1.62. The highest BCUT2D eigenvalue weighted by Crippen LogP contribution is 2.55. The summed E-state index contributed by atoms with van der Waals surface area (Å²) in [5.41, 5.74) is 2.25. The van der Waals surface area contributed by atoms with E-state index in [0.717, 1.165) is 17.5 Å². The maximum atomic E-state index is 13.6. The summed E-state index contributed by atoms with van der Waals surface area (Å²) in [5, 5.41) is 4.43. The average Bonchev–Trinajstić information content (AvgIpc) is 3.30. The average molecular weight is 363 g/mol. The van der Waals surface area contributed by atoms with E-state index >= 15 is 0 Å². The van der Waals surface area contributed by atoms with Crippen molar-refractivity contribution in [2.24, 2.45) is 0 Å². The molecule has 1 aliphatic carbocycles. The van der Waals surface area contributed by atoms with Gasteiger partial charge in [-0.2, -0.15) is 5.10 Å². The lowest BCUT2D eigenvalue weighted by Crippen LogP contribution is -2.23. The number of hydrogen-bond acceptors (Lipinski definition) is 4. The largest absolute Gasteiger partial charge is 0.325 e. The highest BCUT2D eigenvalue weighted by molar-refractivity contribution is 5.63. The lowest BCUT2D eigenvalue weighted by Gasteiger charge is -2.07. The van der Waals surface area contributed by atoms with E-state index in [-0.39, 0.29) is 23.2 Å². The van der Waals surface area contributed by atoms with E-state index in [9.17, 15) is 14.0 Å². The summed E-state index contributed by atoms with van der Waals surface area (Å²) >= 11 is 0. The fraction of sp³-hybridized carbons (Fsp3) is 0.158. The van der Waals surface area contributed by atoms with Crippen molar-refractivity contribution in [1.29, 1.82) is 0 Å². The van der Waals surface area contributed by atoms with Gasteiger partial charge in [-0.25, -0.2) is 18.7 Å². The third-order valence-electron chi connectivity index (χ3n) is 4.95. The zero-order valence-electron chi connectivity index (χ0n) is 14.0. The van der Waals surface area contributed by atoms with Crippen LogP contribution >= 0.6 is 0 Å². The van der Waals surface area contributed by atoms with Crippen LogP contribution < -0.4 is 11.2 Å². The second-order valence-electron chi connectivity index (χ2n) is 6.67. The minimum atomic E-state index is -0.568. The minimum Gasteiger partial charge on any atom is -0.313 e. The summed E-state index contributed by atoms with van der Waals surface area (Å²) in [5.74, 6) is 0.116. The number of halogens is 1. The Labute approximate surface area is 151 Å². The van der Waals surface area contributed by atoms with E-state index in [1.165, 1.54) is 12.3 Å². The maximum Gasteiger partial charge on any atom is 0.325 e. The second kappa shape index (κ2) is 5.73. The van der Waals surface area contributed by atoms with Crippen LogP contribution in [-0.4, -0.2) is 24.6 Å². The number of nitrogens with one attached hydrogen (secondary N) is 2. The molecule has 0 saturated heterocycles. The number of H-pyrrole nitrogens is 2. The summed E-state index contributed by atoms with van der Waals surface area (Å²) in [4.78, 5) is 32.5. The molecule has 3 aromatic heterocycles. The molecule has 1 saturated carbocycles. The molecule has 0 aliphatic heterocycles. The van der Waals surface area contributed by atoms with Crippen LogP contribution in [0.15, 0.2) is 58.5 Å². The number of hydrogen-bond donors (Lipinski definition) is 2. The quantitative estimate of drug-likeness (QED) is 0.583. The topological polar surface area (TPSA) is 95.9 Å². The number of fused-ring (bicyclic) bond motifs is 1. The molecule has 1 aromatic carbocycles. The van der Waals surface area contributed by atoms with Gasteiger partial charge in [0.05, 0.1) is 11.3 Å². The summed E-state index contributed by atoms with van der Waals surface area (Å²) in [6.07, 6.45) is 5.58. The van der Waals surface area contributed by atoms with Crippen LogP contribution in [-0.2, 0) is 0 Å². The first-order valence-electron chi connectivity index (χ1n) is 8.52. The van der Waals surface area contributed by atoms with E-state index in [4.69, 9.17) is 0 Å². The van der Waals surface area contributed by atoms with Crippen LogP contribution in [0.4, 0.5) is 4.39 Å². The van der Waals surface area contributed by atoms with Crippen molar-refractivity contribution in [2.45, 2.75) is 18.3 Å². The molecule has 2 atom stereocenters. The molecule has 2 N–H and O–H groups in total. The van der Waals surface area contributed by atoms with Gasteiger partial charge in [0, 0.05) is 24.2 Å². The van der Waals surface area contributed by atoms with Crippen LogP contribution in [0.2, 0.25) is 0 Å². The summed E-state index contributed by atoms with van der Waals surface area (Å²) < 4.78 is 15.2. The Hall–Kier alpha value is -3.55. The third-order valence-corrected chi connectivity index (χ3v) is 4.95. The Morgan fingerprint density at radius 1 is 1.19 bits per heavy atom. The van der Waals surface area contributed by atoms with Crippen LogP contribution in [0.1, 0.15) is 29.4 Å². The molecule has 3 heterocycles. The number of benzene rings is 1. The molecule has 1 aliphatic rings. The van der Waals surface area contributed by atoms with Crippen LogP contribution in [0.5, 0.6) is 0 Å². The Morgan fingerprint density at radius 3 is 2.89 bits per heavy atom. The fourth-order valence-corrected chi connectivity index (χ4v) is 3.59. The van der Waals surface area contributed by atoms with E-state index < -0.39 is 11.2 Å². The first kappa shape index (κ1) is 15.7. The van der Waals surface area contributed by atoms with E-state index in [1.54, 1.807) is 29.0 Å². The summed E-state index contributed by atoms with van der Waals surface area (Å²) in [7, 11) is 0. The predicted octanol–water partition coefficient (Wildman–Crippen LogP) is 2.18. The normalized spacial score (nSPS) is 18.7. The van der Waals surface area contributed by atoms with Crippen LogP contribution in [0.25, 0.3) is 16.9 Å². The number of nitrogens with zero attached hydrogens (tertiary/aromatic N) is 3. The standard InChI is InChI=1S/C19H14FN5O2/c20-11-3-1-2-10(6-11)12-7-13(12)14-8-16(24-25-5-4-21-17(14)25)15-9-22-19(27)23-18(15)26/h1-6,8-9,12-13H,7H2,(H2,22,23,26,27)/t12-,13+/m1/s1. The van der Waals surface area contributed by atoms with Gasteiger partial charge < -0.3 is 4.98 Å². The number of imidazole rings is 1. The minimum absolute atomic E-state index is 0.167. The molecule has 8 heteroatoms. The zero-order valence-corrected chi connectivity index (χ0v) is 14.0. The van der Waals surface area contributed by atoms with Crippen LogP contribution in [0.3, 0.4) is 0 Å². The fourth-order valence-electron chi connectivity index (χ4n) is 3.59. The van der Waals surface area contributed by atoms with Crippen molar-refractivity contribution >= 4 is 5.65 Å². The van der Waals surface area contributed by atoms with Gasteiger partial charge in [-0.15, -0.1) is 0 Å². The van der Waals surface area contributed by atoms with Gasteiger partial charge in [0.15, 0.2) is 5.65 Å². The smallest absolute Gasteiger partial charge is 0.313 e. The van der Waals surface area contributed by atoms with Gasteiger partial charge in [0.25, 0.3) is 5.56 Å². The molecule has 0 radical (unpaired) electrons. The molecule has 5 rings (SSSR count). The van der Waals surface area contributed by atoms with E-state index in [1.807, 2.05) is 12.1 Å². The second-order valence-corrected chi connectivity index (χ2v) is 6.67. The van der Waals surface area contributed by atoms with E-state index in [0.29, 0.717) is 11.3 Å². The molecule has 1 fully saturated rings. The number of aromatic amines is 2. The lowest BCUT2D eigenvalue weighted by atomic mass is 10.0. The van der Waals surface area contributed by atoms with Gasteiger partial charge in [-0.05, 0) is 42.0 Å². The SMILES string of the molecule is O=c1[nH]cc(-c2cc([C@H]3C[C@@H]3c3cccc(F)c3)c3nccn3n2)c(=O)[nH]1. The van der Waals surface area contributed by atoms with Gasteiger partial charge in [0.2, 0.25) is 0 Å². The number of aromatic nitrogens is 5. The van der Waals surface area contributed by atoms with Gasteiger partial charge in [-0.1, -0.05) is 12.1 Å². The maximum absolute atomic E-state index is 13.6. The molecule has 4 aromatic rings. The van der Waals surface area contributed by atoms with Crippen molar-refractivity contribution in [3.05, 3.63) is 86.7 Å². The molecule has 0 spiro atoms. The molecule has 0 bridgehead atoms. The van der Waals surface area contributed by atoms with Crippen molar-refractivity contribution in [2.75, 3.05) is 0 Å². The third kappa shape index (κ3) is 2.66. The molecular weight excluding hydrogens is 349 g/mol. The van der Waals surface area contributed by atoms with Crippen molar-refractivity contribution in [3.63, 3.8) is 0 Å². The first-order valence-corrected chi connectivity index (χ1v) is 8.52. The Morgan fingerprint density at radius 2 is 2.07 bits per heavy atom. The summed E-state index contributed by atoms with van der Waals surface area (Å²) in [6.45, 7) is 0. The van der Waals surface area contributed by atoms with Crippen LogP contribution in [0, 0.1) is 5.82 Å². The number of rotatable bonds is 3. The summed E-state index contributed by atoms with van der Waals surface area (Å²) in [6, 6.07) is 8.45. The zero-order chi connectivity index (χ0) is 18.5. The molecule has 7 nitrogen and oxygen atoms in total. The highest BCUT2D eigenvalue weighted by Gasteiger charge is 2.41. The molecular formula is C19H14FN5O2. The highest BCUT2D eigenvalue weighted by atomic mass is 19.1. The van der Waals surface area contributed by atoms with Gasteiger partial charge in [-0.3, -0.25) is 9.78 Å². The van der Waals surface area contributed by atoms with Crippen molar-refractivity contribution < 1.29 is 4.39 Å². The molecule has 27 heavy (non-hydrogen) atoms. The van der Waals surface area contributed by atoms with Gasteiger partial charge in [0.1, 0.15) is 5.82 Å². The molecule has 134 valence electrons. The van der Waals surface area contributed by atoms with Crippen molar-refractivity contribution in [3.8, 4) is 11.3 Å². The predicted molar refractivity (Wildman–Crippen MR) is 96.2 cm³/mol. The lowest BCUT2D eigenvalue weighted by molar-refractivity contribution is 0.625. The van der Waals surface area contributed by atoms with Crippen molar-refractivity contribution in [1.82, 2.24) is 24.6 Å². The monoisotopic (exact) mass is 363 g/mol. The van der Waals surface area contributed by atoms with E-state index in [2.05, 4.69) is 20.1 Å². The molecule has 0 amide bonds. The first-order chi connectivity index (χ1) is 13.1. The van der Waals surface area contributed by atoms with Gasteiger partial charge >= 0.3 is 5.69 Å². The Kier molecular flexibility index (Phi) is 3.33. The molecule has 0 unspecified atom stereocenters. The Bertz CT molecular complexity index is 1290.